The van der Waals surface area contributed by atoms with Crippen molar-refractivity contribution >= 4 is 17.9 Å². The highest BCUT2D eigenvalue weighted by Gasteiger charge is 2.40. The summed E-state index contributed by atoms with van der Waals surface area (Å²) >= 11 is 0. The van der Waals surface area contributed by atoms with Gasteiger partial charge in [-0.25, -0.2) is 14.4 Å². The summed E-state index contributed by atoms with van der Waals surface area (Å²) in [5.41, 5.74) is 1.52. The minimum absolute atomic E-state index is 0.422. The van der Waals surface area contributed by atoms with Gasteiger partial charge < -0.3 is 23.7 Å². The molecule has 0 bridgehead atoms. The Morgan fingerprint density at radius 1 is 0.528 bits per heavy atom. The van der Waals surface area contributed by atoms with E-state index in [-0.39, 0.29) is 0 Å². The van der Waals surface area contributed by atoms with Gasteiger partial charge in [0, 0.05) is 14.2 Å². The molecule has 8 nitrogen and oxygen atoms in total. The first-order chi connectivity index (χ1) is 17.5. The van der Waals surface area contributed by atoms with Crippen LogP contribution >= 0.6 is 0 Å². The fourth-order valence-corrected chi connectivity index (χ4v) is 3.66. The summed E-state index contributed by atoms with van der Waals surface area (Å²) in [6.45, 7) is 0. The summed E-state index contributed by atoms with van der Waals surface area (Å²) in [6.07, 6.45) is -5.10. The van der Waals surface area contributed by atoms with E-state index in [0.717, 1.165) is 7.11 Å². The van der Waals surface area contributed by atoms with Crippen LogP contribution in [0, 0.1) is 0 Å². The summed E-state index contributed by atoms with van der Waals surface area (Å²) in [7, 11) is 3.88. The number of ether oxygens (including phenoxy) is 5. The van der Waals surface area contributed by atoms with Crippen LogP contribution in [0.25, 0.3) is 0 Å². The molecule has 36 heavy (non-hydrogen) atoms. The van der Waals surface area contributed by atoms with E-state index >= 15 is 0 Å². The molecule has 3 aromatic carbocycles. The van der Waals surface area contributed by atoms with Crippen molar-refractivity contribution in [1.29, 1.82) is 0 Å². The number of methoxy groups -OCH3 is 3. The number of hydrogen-bond donors (Lipinski definition) is 0. The molecule has 8 heteroatoms. The van der Waals surface area contributed by atoms with E-state index in [9.17, 15) is 14.4 Å². The van der Waals surface area contributed by atoms with Crippen molar-refractivity contribution < 1.29 is 38.1 Å². The Hall–Kier alpha value is -4.01. The van der Waals surface area contributed by atoms with E-state index in [1.165, 1.54) is 14.2 Å². The molecule has 0 aliphatic carbocycles. The van der Waals surface area contributed by atoms with Crippen LogP contribution in [0.15, 0.2) is 91.0 Å². The predicted molar refractivity (Wildman–Crippen MR) is 130 cm³/mol. The van der Waals surface area contributed by atoms with E-state index in [1.54, 1.807) is 91.0 Å². The van der Waals surface area contributed by atoms with Crippen molar-refractivity contribution in [2.45, 2.75) is 24.4 Å². The van der Waals surface area contributed by atoms with Gasteiger partial charge in [0.15, 0.2) is 18.3 Å². The summed E-state index contributed by atoms with van der Waals surface area (Å²) in [5, 5.41) is 0. The first-order valence-corrected chi connectivity index (χ1v) is 11.2. The minimum atomic E-state index is -1.61. The van der Waals surface area contributed by atoms with Gasteiger partial charge >= 0.3 is 17.9 Å². The van der Waals surface area contributed by atoms with Gasteiger partial charge in [-0.1, -0.05) is 91.0 Å². The molecule has 0 aromatic heterocycles. The van der Waals surface area contributed by atoms with Crippen LogP contribution in [0.2, 0.25) is 0 Å². The average Bonchev–Trinajstić information content (AvgIpc) is 2.92. The number of hydrogen-bond acceptors (Lipinski definition) is 8. The lowest BCUT2D eigenvalue weighted by Gasteiger charge is -2.28. The zero-order valence-electron chi connectivity index (χ0n) is 20.2. The third-order valence-corrected chi connectivity index (χ3v) is 5.43. The van der Waals surface area contributed by atoms with Crippen molar-refractivity contribution in [3.63, 3.8) is 0 Å². The fourth-order valence-electron chi connectivity index (χ4n) is 3.66. The monoisotopic (exact) mass is 492 g/mol. The molecule has 3 aromatic rings. The van der Waals surface area contributed by atoms with Crippen LogP contribution in [-0.2, 0) is 38.1 Å². The van der Waals surface area contributed by atoms with Crippen LogP contribution in [0.1, 0.15) is 35.0 Å². The molecule has 0 aliphatic heterocycles. The van der Waals surface area contributed by atoms with Crippen LogP contribution < -0.4 is 0 Å². The van der Waals surface area contributed by atoms with Crippen LogP contribution in [0.4, 0.5) is 0 Å². The van der Waals surface area contributed by atoms with Crippen LogP contribution in [-0.4, -0.2) is 45.3 Å². The lowest BCUT2D eigenvalue weighted by Crippen LogP contribution is -2.39. The minimum Gasteiger partial charge on any atom is -0.466 e. The lowest BCUT2D eigenvalue weighted by molar-refractivity contribution is -0.190. The topological polar surface area (TPSA) is 97.4 Å². The Labute approximate surface area is 209 Å². The highest BCUT2D eigenvalue weighted by molar-refractivity contribution is 5.83. The van der Waals surface area contributed by atoms with Crippen molar-refractivity contribution in [3.05, 3.63) is 108 Å². The van der Waals surface area contributed by atoms with Crippen molar-refractivity contribution in [1.82, 2.24) is 0 Å². The fraction of sp³-hybridized carbons (Fsp3) is 0.250. The molecule has 0 N–H and O–H groups in total. The molecule has 0 saturated heterocycles. The van der Waals surface area contributed by atoms with Gasteiger partial charge in [-0.3, -0.25) is 0 Å². The number of carbonyl (C=O) groups is 3. The molecule has 0 heterocycles. The number of rotatable bonds is 11. The molecule has 0 unspecified atom stereocenters. The first kappa shape index (κ1) is 26.6. The molecule has 0 spiro atoms. The molecule has 188 valence electrons. The molecule has 3 rings (SSSR count). The van der Waals surface area contributed by atoms with Gasteiger partial charge in [-0.15, -0.1) is 0 Å². The third-order valence-electron chi connectivity index (χ3n) is 5.43. The Kier molecular flexibility index (Phi) is 9.73. The number of carbonyl (C=O) groups excluding carboxylic acids is 3. The van der Waals surface area contributed by atoms with Crippen molar-refractivity contribution in [2.75, 3.05) is 21.3 Å². The highest BCUT2D eigenvalue weighted by Crippen LogP contribution is 2.30. The largest absolute Gasteiger partial charge is 0.466 e. The maximum atomic E-state index is 13.2. The standard InChI is InChI=1S/C28H28O8/c1-32-23(20-15-9-5-10-16-20)27(30)35-22(19-13-7-4-8-14-19)25(26(29)34-3)36-28(31)24(33-2)21-17-11-6-12-18-21/h4-18,22-25H,1-3H3/t22-,23-,24-,25-/m1/s1. The van der Waals surface area contributed by atoms with E-state index in [0.29, 0.717) is 16.7 Å². The van der Waals surface area contributed by atoms with E-state index in [2.05, 4.69) is 0 Å². The maximum Gasteiger partial charge on any atom is 0.351 e. The van der Waals surface area contributed by atoms with E-state index in [4.69, 9.17) is 23.7 Å². The Bertz CT molecular complexity index is 1120. The van der Waals surface area contributed by atoms with Gasteiger partial charge in [0.25, 0.3) is 0 Å². The van der Waals surface area contributed by atoms with Crippen molar-refractivity contribution in [2.24, 2.45) is 0 Å². The summed E-state index contributed by atoms with van der Waals surface area (Å²) in [4.78, 5) is 39.2. The second-order valence-corrected chi connectivity index (χ2v) is 7.70. The summed E-state index contributed by atoms with van der Waals surface area (Å²) < 4.78 is 27.0. The van der Waals surface area contributed by atoms with Crippen LogP contribution in [0.5, 0.6) is 0 Å². The summed E-state index contributed by atoms with van der Waals surface area (Å²) in [6, 6.07) is 25.9. The second kappa shape index (κ2) is 13.2. The molecule has 0 radical (unpaired) electrons. The first-order valence-electron chi connectivity index (χ1n) is 11.2. The van der Waals surface area contributed by atoms with Gasteiger partial charge in [0.2, 0.25) is 6.10 Å². The number of benzene rings is 3. The Morgan fingerprint density at radius 2 is 0.917 bits per heavy atom. The third kappa shape index (κ3) is 6.56. The molecule has 0 fully saturated rings. The smallest absolute Gasteiger partial charge is 0.351 e. The maximum absolute atomic E-state index is 13.2. The molecule has 0 saturated carbocycles. The Balaban J connectivity index is 1.94. The predicted octanol–water partition coefficient (Wildman–Crippen LogP) is 4.13. The molecule has 4 atom stereocenters. The van der Waals surface area contributed by atoms with Gasteiger partial charge in [-0.2, -0.15) is 0 Å². The van der Waals surface area contributed by atoms with Gasteiger partial charge in [-0.05, 0) is 16.7 Å². The SMILES string of the molecule is COC(=O)[C@H](OC(=O)[C@H](OC)c1ccccc1)[C@H](OC(=O)[C@H](OC)c1ccccc1)c1ccccc1. The normalized spacial score (nSPS) is 14.1. The second-order valence-electron chi connectivity index (χ2n) is 7.70. The summed E-state index contributed by atoms with van der Waals surface area (Å²) in [5.74, 6) is -2.52. The zero-order valence-corrected chi connectivity index (χ0v) is 20.2. The van der Waals surface area contributed by atoms with E-state index in [1.807, 2.05) is 0 Å². The highest BCUT2D eigenvalue weighted by atomic mass is 16.6. The molecular formula is C28H28O8. The van der Waals surface area contributed by atoms with E-state index < -0.39 is 42.3 Å². The van der Waals surface area contributed by atoms with Gasteiger partial charge in [0.1, 0.15) is 0 Å². The zero-order chi connectivity index (χ0) is 25.9. The Morgan fingerprint density at radius 3 is 1.31 bits per heavy atom. The molecule has 0 amide bonds. The average molecular weight is 493 g/mol. The van der Waals surface area contributed by atoms with Crippen molar-refractivity contribution in [3.8, 4) is 0 Å². The molecular weight excluding hydrogens is 464 g/mol. The lowest BCUT2D eigenvalue weighted by atomic mass is 10.0. The van der Waals surface area contributed by atoms with Crippen LogP contribution in [0.3, 0.4) is 0 Å². The number of esters is 3. The van der Waals surface area contributed by atoms with Gasteiger partial charge in [0.05, 0.1) is 7.11 Å². The quantitative estimate of drug-likeness (QED) is 0.291. The molecule has 0 aliphatic rings.